The Balaban J connectivity index is 1.82. The third kappa shape index (κ3) is 5.97. The molecule has 1 amide bonds. The first-order valence-electron chi connectivity index (χ1n) is 7.53. The fourth-order valence-corrected chi connectivity index (χ4v) is 2.25. The average molecular weight is 360 g/mol. The number of hydrogen-bond acceptors (Lipinski definition) is 4. The van der Waals surface area contributed by atoms with Crippen LogP contribution in [0.2, 0.25) is 5.02 Å². The van der Waals surface area contributed by atoms with Crippen LogP contribution in [0.15, 0.2) is 48.5 Å². The predicted octanol–water partition coefficient (Wildman–Crippen LogP) is 3.85. The minimum atomic E-state index is -0.610. The molecule has 2 aromatic rings. The van der Waals surface area contributed by atoms with E-state index in [-0.39, 0.29) is 0 Å². The molecule has 5 nitrogen and oxygen atoms in total. The van der Waals surface area contributed by atoms with E-state index in [1.54, 1.807) is 49.6 Å². The first-order chi connectivity index (χ1) is 12.0. The van der Waals surface area contributed by atoms with Gasteiger partial charge >= 0.3 is 5.97 Å². The fraction of sp³-hybridized carbons (Fsp3) is 0.158. The summed E-state index contributed by atoms with van der Waals surface area (Å²) in [4.78, 5) is 23.5. The molecule has 0 aliphatic heterocycles. The largest absolute Gasteiger partial charge is 0.497 e. The zero-order valence-electron chi connectivity index (χ0n) is 13.9. The molecule has 0 heterocycles. The smallest absolute Gasteiger partial charge is 0.331 e. The van der Waals surface area contributed by atoms with Gasteiger partial charge in [0.25, 0.3) is 5.91 Å². The second-order valence-electron chi connectivity index (χ2n) is 5.25. The number of hydrogen-bond donors (Lipinski definition) is 1. The molecule has 2 aromatic carbocycles. The molecule has 0 radical (unpaired) electrons. The summed E-state index contributed by atoms with van der Waals surface area (Å²) >= 11 is 6.03. The highest BCUT2D eigenvalue weighted by atomic mass is 35.5. The van der Waals surface area contributed by atoms with Crippen molar-refractivity contribution in [1.29, 1.82) is 0 Å². The van der Waals surface area contributed by atoms with Crippen LogP contribution in [0.25, 0.3) is 6.08 Å². The van der Waals surface area contributed by atoms with Gasteiger partial charge in [0, 0.05) is 6.08 Å². The maximum absolute atomic E-state index is 11.8. The quantitative estimate of drug-likeness (QED) is 0.628. The summed E-state index contributed by atoms with van der Waals surface area (Å²) in [7, 11) is 1.58. The number of aryl methyl sites for hydroxylation is 1. The Hall–Kier alpha value is -2.79. The number of carbonyl (C=O) groups excluding carboxylic acids is 2. The van der Waals surface area contributed by atoms with Gasteiger partial charge in [-0.1, -0.05) is 29.8 Å². The molecule has 0 aliphatic rings. The van der Waals surface area contributed by atoms with Crippen LogP contribution in [0.1, 0.15) is 11.1 Å². The molecule has 1 N–H and O–H groups in total. The van der Waals surface area contributed by atoms with Crippen LogP contribution in [0.3, 0.4) is 0 Å². The van der Waals surface area contributed by atoms with Crippen molar-refractivity contribution in [3.8, 4) is 5.75 Å². The van der Waals surface area contributed by atoms with E-state index in [1.165, 1.54) is 6.08 Å². The van der Waals surface area contributed by atoms with Crippen molar-refractivity contribution in [2.24, 2.45) is 0 Å². The Kier molecular flexibility index (Phi) is 6.60. The van der Waals surface area contributed by atoms with E-state index in [0.29, 0.717) is 10.7 Å². The van der Waals surface area contributed by atoms with Crippen molar-refractivity contribution >= 4 is 35.2 Å². The molecule has 0 bridgehead atoms. The topological polar surface area (TPSA) is 64.6 Å². The number of ether oxygens (including phenoxy) is 2. The van der Waals surface area contributed by atoms with E-state index in [2.05, 4.69) is 5.32 Å². The summed E-state index contributed by atoms with van der Waals surface area (Å²) in [5.74, 6) is -0.343. The number of carbonyl (C=O) groups is 2. The lowest BCUT2D eigenvalue weighted by molar-refractivity contribution is -0.142. The molecule has 0 unspecified atom stereocenters. The van der Waals surface area contributed by atoms with E-state index in [0.717, 1.165) is 16.9 Å². The lowest BCUT2D eigenvalue weighted by atomic mass is 10.2. The lowest BCUT2D eigenvalue weighted by Crippen LogP contribution is -2.20. The SMILES string of the molecule is COc1ccc(/C=C/C(=O)OCC(=O)Nc2ccc(C)cc2Cl)cc1. The third-order valence-electron chi connectivity index (χ3n) is 3.27. The van der Waals surface area contributed by atoms with E-state index in [9.17, 15) is 9.59 Å². The number of rotatable bonds is 6. The standard InChI is InChI=1S/C19H18ClNO4/c1-13-3-9-17(16(20)11-13)21-18(22)12-25-19(23)10-6-14-4-7-15(24-2)8-5-14/h3-11H,12H2,1-2H3,(H,21,22)/b10-6+. The van der Waals surface area contributed by atoms with Crippen molar-refractivity contribution in [2.45, 2.75) is 6.92 Å². The van der Waals surface area contributed by atoms with Crippen molar-refractivity contribution < 1.29 is 19.1 Å². The number of methoxy groups -OCH3 is 1. The third-order valence-corrected chi connectivity index (χ3v) is 3.58. The van der Waals surface area contributed by atoms with E-state index < -0.39 is 18.5 Å². The number of nitrogens with one attached hydrogen (secondary N) is 1. The first kappa shape index (κ1) is 18.5. The van der Waals surface area contributed by atoms with Gasteiger partial charge in [-0.3, -0.25) is 4.79 Å². The van der Waals surface area contributed by atoms with Gasteiger partial charge in [0.2, 0.25) is 0 Å². The van der Waals surface area contributed by atoms with Crippen LogP contribution < -0.4 is 10.1 Å². The molecule has 0 fully saturated rings. The van der Waals surface area contributed by atoms with Gasteiger partial charge in [0.05, 0.1) is 17.8 Å². The van der Waals surface area contributed by atoms with Gasteiger partial charge < -0.3 is 14.8 Å². The number of anilines is 1. The normalized spacial score (nSPS) is 10.5. The molecular formula is C19H18ClNO4. The molecule has 6 heteroatoms. The summed E-state index contributed by atoms with van der Waals surface area (Å²) < 4.78 is 9.95. The summed E-state index contributed by atoms with van der Waals surface area (Å²) in [5.41, 5.74) is 2.27. The van der Waals surface area contributed by atoms with E-state index >= 15 is 0 Å². The van der Waals surface area contributed by atoms with Gasteiger partial charge in [-0.05, 0) is 48.4 Å². The Labute approximate surface area is 151 Å². The van der Waals surface area contributed by atoms with Gasteiger partial charge in [0.15, 0.2) is 6.61 Å². The number of halogens is 1. The van der Waals surface area contributed by atoms with Crippen molar-refractivity contribution in [3.63, 3.8) is 0 Å². The second-order valence-corrected chi connectivity index (χ2v) is 5.65. The molecule has 25 heavy (non-hydrogen) atoms. The van der Waals surface area contributed by atoms with E-state index in [4.69, 9.17) is 21.1 Å². The van der Waals surface area contributed by atoms with Crippen LogP contribution in [0.4, 0.5) is 5.69 Å². The van der Waals surface area contributed by atoms with Crippen LogP contribution in [0.5, 0.6) is 5.75 Å². The summed E-state index contributed by atoms with van der Waals surface area (Å²) in [6.45, 7) is 1.50. The highest BCUT2D eigenvalue weighted by Crippen LogP contribution is 2.22. The van der Waals surface area contributed by atoms with Crippen LogP contribution in [0, 0.1) is 6.92 Å². The summed E-state index contributed by atoms with van der Waals surface area (Å²) in [5, 5.41) is 3.02. The van der Waals surface area contributed by atoms with Crippen molar-refractivity contribution in [1.82, 2.24) is 0 Å². The molecule has 0 aliphatic carbocycles. The Bertz CT molecular complexity index is 785. The maximum Gasteiger partial charge on any atom is 0.331 e. The molecular weight excluding hydrogens is 342 g/mol. The molecule has 130 valence electrons. The van der Waals surface area contributed by atoms with Gasteiger partial charge in [-0.25, -0.2) is 4.79 Å². The Morgan fingerprint density at radius 2 is 1.88 bits per heavy atom. The maximum atomic E-state index is 11.8. The minimum Gasteiger partial charge on any atom is -0.497 e. The van der Waals surface area contributed by atoms with Crippen LogP contribution in [-0.4, -0.2) is 25.6 Å². The van der Waals surface area contributed by atoms with Crippen LogP contribution in [-0.2, 0) is 14.3 Å². The molecule has 0 spiro atoms. The zero-order valence-corrected chi connectivity index (χ0v) is 14.7. The van der Waals surface area contributed by atoms with Crippen molar-refractivity contribution in [3.05, 3.63) is 64.7 Å². The Morgan fingerprint density at radius 1 is 1.16 bits per heavy atom. The fourth-order valence-electron chi connectivity index (χ4n) is 1.97. The number of esters is 1. The molecule has 0 saturated carbocycles. The predicted molar refractivity (Wildman–Crippen MR) is 97.8 cm³/mol. The monoisotopic (exact) mass is 359 g/mol. The molecule has 0 saturated heterocycles. The highest BCUT2D eigenvalue weighted by Gasteiger charge is 2.08. The summed E-state index contributed by atoms with van der Waals surface area (Å²) in [6.07, 6.45) is 2.85. The van der Waals surface area contributed by atoms with Gasteiger partial charge in [-0.2, -0.15) is 0 Å². The van der Waals surface area contributed by atoms with Gasteiger partial charge in [0.1, 0.15) is 5.75 Å². The first-order valence-corrected chi connectivity index (χ1v) is 7.90. The number of amides is 1. The minimum absolute atomic E-state index is 0.393. The van der Waals surface area contributed by atoms with Crippen molar-refractivity contribution in [2.75, 3.05) is 19.0 Å². The van der Waals surface area contributed by atoms with E-state index in [1.807, 2.05) is 13.0 Å². The highest BCUT2D eigenvalue weighted by molar-refractivity contribution is 6.33. The van der Waals surface area contributed by atoms with Gasteiger partial charge in [-0.15, -0.1) is 0 Å². The second kappa shape index (κ2) is 8.89. The zero-order chi connectivity index (χ0) is 18.2. The Morgan fingerprint density at radius 3 is 2.52 bits per heavy atom. The average Bonchev–Trinajstić information content (AvgIpc) is 2.61. The molecule has 0 atom stereocenters. The number of benzene rings is 2. The lowest BCUT2D eigenvalue weighted by Gasteiger charge is -2.07. The van der Waals surface area contributed by atoms with Crippen LogP contribution >= 0.6 is 11.6 Å². The summed E-state index contributed by atoms with van der Waals surface area (Å²) in [6, 6.07) is 12.4. The molecule has 0 aromatic heterocycles. The molecule has 2 rings (SSSR count).